The number of hydrogen-bond donors (Lipinski definition) is 1. The van der Waals surface area contributed by atoms with Crippen molar-refractivity contribution >= 4 is 0 Å². The average molecular weight is 185 g/mol. The van der Waals surface area contributed by atoms with E-state index in [1.165, 1.54) is 32.1 Å². The molecule has 1 saturated carbocycles. The van der Waals surface area contributed by atoms with Gasteiger partial charge in [-0.05, 0) is 18.4 Å². The molecule has 0 aromatic heterocycles. The van der Waals surface area contributed by atoms with Crippen LogP contribution in [0.5, 0.6) is 0 Å². The van der Waals surface area contributed by atoms with Gasteiger partial charge in [0.1, 0.15) is 0 Å². The Balaban J connectivity index is 1.90. The number of nitrogens with one attached hydrogen (secondary N) is 1. The molecule has 1 nitrogen and oxygen atoms in total. The summed E-state index contributed by atoms with van der Waals surface area (Å²) in [7, 11) is 0. The predicted octanol–water partition coefficient (Wildman–Crippen LogP) is 2.37. The second-order valence-corrected chi connectivity index (χ2v) is 4.63. The highest BCUT2D eigenvalue weighted by molar-refractivity contribution is 4.86. The van der Waals surface area contributed by atoms with Crippen LogP contribution < -0.4 is 5.32 Å². The van der Waals surface area contributed by atoms with E-state index in [4.69, 9.17) is 0 Å². The zero-order chi connectivity index (χ0) is 9.10. The SMILES string of the molecule is FC[C@@H]1CNC[C@H]1C1CCCCC1. The molecule has 0 spiro atoms. The van der Waals surface area contributed by atoms with Crippen molar-refractivity contribution in [3.05, 3.63) is 0 Å². The minimum absolute atomic E-state index is 0.117. The standard InChI is InChI=1S/C11H20FN/c12-6-10-7-13-8-11(10)9-4-2-1-3-5-9/h9-11,13H,1-8H2/t10-,11+/m1/s1. The van der Waals surface area contributed by atoms with Crippen LogP contribution in [-0.2, 0) is 0 Å². The minimum atomic E-state index is -0.117. The number of hydrogen-bond acceptors (Lipinski definition) is 1. The maximum atomic E-state index is 12.7. The van der Waals surface area contributed by atoms with Gasteiger partial charge in [-0.15, -0.1) is 0 Å². The molecule has 1 aliphatic heterocycles. The third kappa shape index (κ3) is 2.04. The molecule has 2 atom stereocenters. The summed E-state index contributed by atoms with van der Waals surface area (Å²) in [5.74, 6) is 1.79. The van der Waals surface area contributed by atoms with Crippen LogP contribution in [0.2, 0.25) is 0 Å². The monoisotopic (exact) mass is 185 g/mol. The summed E-state index contributed by atoms with van der Waals surface area (Å²) in [4.78, 5) is 0. The first-order valence-electron chi connectivity index (χ1n) is 5.68. The first-order valence-corrected chi connectivity index (χ1v) is 5.68. The van der Waals surface area contributed by atoms with Crippen LogP contribution in [-0.4, -0.2) is 19.8 Å². The van der Waals surface area contributed by atoms with Crippen molar-refractivity contribution in [2.24, 2.45) is 17.8 Å². The van der Waals surface area contributed by atoms with Gasteiger partial charge in [-0.1, -0.05) is 32.1 Å². The highest BCUT2D eigenvalue weighted by Crippen LogP contribution is 2.35. The predicted molar refractivity (Wildman–Crippen MR) is 52.4 cm³/mol. The molecular formula is C11H20FN. The zero-order valence-electron chi connectivity index (χ0n) is 8.27. The molecule has 2 rings (SSSR count). The molecule has 1 saturated heterocycles. The molecule has 1 aliphatic carbocycles. The molecule has 1 N–H and O–H groups in total. The van der Waals surface area contributed by atoms with Crippen molar-refractivity contribution in [2.45, 2.75) is 32.1 Å². The first-order chi connectivity index (χ1) is 6.42. The van der Waals surface area contributed by atoms with Crippen LogP contribution in [0.15, 0.2) is 0 Å². The lowest BCUT2D eigenvalue weighted by Gasteiger charge is -2.29. The van der Waals surface area contributed by atoms with Crippen molar-refractivity contribution in [2.75, 3.05) is 19.8 Å². The lowest BCUT2D eigenvalue weighted by molar-refractivity contribution is 0.193. The van der Waals surface area contributed by atoms with Crippen LogP contribution in [0.3, 0.4) is 0 Å². The molecule has 13 heavy (non-hydrogen) atoms. The maximum absolute atomic E-state index is 12.7. The summed E-state index contributed by atoms with van der Waals surface area (Å²) in [6.07, 6.45) is 6.85. The van der Waals surface area contributed by atoms with Crippen molar-refractivity contribution in [1.82, 2.24) is 5.32 Å². The first kappa shape index (κ1) is 9.45. The summed E-state index contributed by atoms with van der Waals surface area (Å²) >= 11 is 0. The molecular weight excluding hydrogens is 165 g/mol. The van der Waals surface area contributed by atoms with E-state index < -0.39 is 0 Å². The van der Waals surface area contributed by atoms with E-state index in [0.29, 0.717) is 11.8 Å². The van der Waals surface area contributed by atoms with Crippen LogP contribution in [0.1, 0.15) is 32.1 Å². The highest BCUT2D eigenvalue weighted by atomic mass is 19.1. The quantitative estimate of drug-likeness (QED) is 0.696. The van der Waals surface area contributed by atoms with Gasteiger partial charge >= 0.3 is 0 Å². The molecule has 1 heterocycles. The lowest BCUT2D eigenvalue weighted by Crippen LogP contribution is -2.25. The fourth-order valence-electron chi connectivity index (χ4n) is 3.04. The zero-order valence-corrected chi connectivity index (χ0v) is 8.27. The Labute approximate surface area is 80.1 Å². The van der Waals surface area contributed by atoms with Crippen LogP contribution in [0, 0.1) is 17.8 Å². The Morgan fingerprint density at radius 2 is 1.85 bits per heavy atom. The van der Waals surface area contributed by atoms with Gasteiger partial charge in [-0.2, -0.15) is 0 Å². The van der Waals surface area contributed by atoms with Gasteiger partial charge < -0.3 is 5.32 Å². The molecule has 0 amide bonds. The third-order valence-corrected chi connectivity index (χ3v) is 3.85. The van der Waals surface area contributed by atoms with Gasteiger partial charge in [0.05, 0.1) is 6.67 Å². The molecule has 0 aromatic carbocycles. The van der Waals surface area contributed by atoms with Crippen molar-refractivity contribution in [1.29, 1.82) is 0 Å². The Kier molecular flexibility index (Phi) is 3.20. The average Bonchev–Trinajstić information content (AvgIpc) is 2.67. The van der Waals surface area contributed by atoms with E-state index in [-0.39, 0.29) is 6.67 Å². The van der Waals surface area contributed by atoms with Crippen molar-refractivity contribution < 1.29 is 4.39 Å². The summed E-state index contributed by atoms with van der Waals surface area (Å²) in [5.41, 5.74) is 0. The second kappa shape index (κ2) is 4.41. The van der Waals surface area contributed by atoms with Crippen molar-refractivity contribution in [3.8, 4) is 0 Å². The van der Waals surface area contributed by atoms with E-state index in [1.54, 1.807) is 0 Å². The van der Waals surface area contributed by atoms with Gasteiger partial charge in [0, 0.05) is 12.5 Å². The normalized spacial score (nSPS) is 36.7. The van der Waals surface area contributed by atoms with Crippen molar-refractivity contribution in [3.63, 3.8) is 0 Å². The Morgan fingerprint density at radius 1 is 1.08 bits per heavy atom. The van der Waals surface area contributed by atoms with E-state index in [1.807, 2.05) is 0 Å². The van der Waals surface area contributed by atoms with E-state index in [0.717, 1.165) is 19.0 Å². The van der Waals surface area contributed by atoms with Crippen LogP contribution in [0.4, 0.5) is 4.39 Å². The Morgan fingerprint density at radius 3 is 2.54 bits per heavy atom. The second-order valence-electron chi connectivity index (χ2n) is 4.63. The van der Waals surface area contributed by atoms with Gasteiger partial charge in [-0.25, -0.2) is 0 Å². The molecule has 0 unspecified atom stereocenters. The topological polar surface area (TPSA) is 12.0 Å². The van der Waals surface area contributed by atoms with Crippen LogP contribution in [0.25, 0.3) is 0 Å². The maximum Gasteiger partial charge on any atom is 0.0937 e. The molecule has 2 aliphatic rings. The fourth-order valence-corrected chi connectivity index (χ4v) is 3.04. The minimum Gasteiger partial charge on any atom is -0.316 e. The molecule has 2 heteroatoms. The lowest BCUT2D eigenvalue weighted by atomic mass is 9.76. The van der Waals surface area contributed by atoms with E-state index in [9.17, 15) is 4.39 Å². The van der Waals surface area contributed by atoms with Crippen LogP contribution >= 0.6 is 0 Å². The van der Waals surface area contributed by atoms with E-state index >= 15 is 0 Å². The van der Waals surface area contributed by atoms with Gasteiger partial charge in [0.25, 0.3) is 0 Å². The number of alkyl halides is 1. The summed E-state index contributed by atoms with van der Waals surface area (Å²) < 4.78 is 12.7. The summed E-state index contributed by atoms with van der Waals surface area (Å²) in [6.45, 7) is 1.87. The Hall–Kier alpha value is -0.110. The third-order valence-electron chi connectivity index (χ3n) is 3.85. The fraction of sp³-hybridized carbons (Fsp3) is 1.00. The smallest absolute Gasteiger partial charge is 0.0937 e. The summed E-state index contributed by atoms with van der Waals surface area (Å²) in [5, 5.41) is 3.33. The van der Waals surface area contributed by atoms with Gasteiger partial charge in [0.2, 0.25) is 0 Å². The number of halogens is 1. The Bertz CT molecular complexity index is 154. The highest BCUT2D eigenvalue weighted by Gasteiger charge is 2.33. The van der Waals surface area contributed by atoms with Gasteiger partial charge in [-0.3, -0.25) is 4.39 Å². The number of rotatable bonds is 2. The van der Waals surface area contributed by atoms with Gasteiger partial charge in [0.15, 0.2) is 0 Å². The molecule has 0 radical (unpaired) electrons. The summed E-state index contributed by atoms with van der Waals surface area (Å²) in [6, 6.07) is 0. The molecule has 2 fully saturated rings. The molecule has 0 aromatic rings. The largest absolute Gasteiger partial charge is 0.316 e. The molecule has 76 valence electrons. The molecule has 0 bridgehead atoms. The van der Waals surface area contributed by atoms with E-state index in [2.05, 4.69) is 5.32 Å².